The molecule has 2 bridgehead atoms. The minimum atomic E-state index is -3.34. The number of halogens is 1. The summed E-state index contributed by atoms with van der Waals surface area (Å²) in [4.78, 5) is 3.79. The summed E-state index contributed by atoms with van der Waals surface area (Å²) < 4.78 is 26.7. The molecule has 0 spiro atoms. The van der Waals surface area contributed by atoms with Crippen LogP contribution in [0.4, 0.5) is 0 Å². The van der Waals surface area contributed by atoms with Gasteiger partial charge in [0, 0.05) is 12.6 Å². The van der Waals surface area contributed by atoms with Crippen molar-refractivity contribution in [3.63, 3.8) is 0 Å². The quantitative estimate of drug-likeness (QED) is 0.831. The van der Waals surface area contributed by atoms with Crippen LogP contribution >= 0.6 is 22.9 Å². The number of sulfonamides is 1. The molecule has 4 nitrogen and oxygen atoms in total. The fourth-order valence-electron chi connectivity index (χ4n) is 2.65. The molecule has 0 N–H and O–H groups in total. The Kier molecular flexibility index (Phi) is 2.51. The molecule has 1 aromatic heterocycles. The first kappa shape index (κ1) is 11.0. The van der Waals surface area contributed by atoms with Gasteiger partial charge in [-0.1, -0.05) is 22.9 Å². The summed E-state index contributed by atoms with van der Waals surface area (Å²) in [6, 6.07) is 0.205. The molecule has 2 unspecified atom stereocenters. The van der Waals surface area contributed by atoms with Crippen LogP contribution in [-0.2, 0) is 10.0 Å². The van der Waals surface area contributed by atoms with Crippen LogP contribution in [0.2, 0.25) is 4.47 Å². The van der Waals surface area contributed by atoms with Crippen molar-refractivity contribution in [1.29, 1.82) is 0 Å². The molecule has 1 aliphatic heterocycles. The molecule has 0 amide bonds. The Morgan fingerprint density at radius 2 is 2.31 bits per heavy atom. The third kappa shape index (κ3) is 1.59. The number of hydrogen-bond acceptors (Lipinski definition) is 4. The van der Waals surface area contributed by atoms with Crippen molar-refractivity contribution >= 4 is 33.0 Å². The summed E-state index contributed by atoms with van der Waals surface area (Å²) in [5.74, 6) is 0.558. The maximum atomic E-state index is 12.3. The van der Waals surface area contributed by atoms with Gasteiger partial charge in [0.15, 0.2) is 8.68 Å². The number of aromatic nitrogens is 1. The van der Waals surface area contributed by atoms with Gasteiger partial charge in [0.05, 0.1) is 6.20 Å². The zero-order chi connectivity index (χ0) is 11.3. The van der Waals surface area contributed by atoms with Crippen LogP contribution in [0.5, 0.6) is 0 Å². The summed E-state index contributed by atoms with van der Waals surface area (Å²) in [5.41, 5.74) is 0. The molecule has 2 heterocycles. The van der Waals surface area contributed by atoms with Gasteiger partial charge in [0.2, 0.25) is 0 Å². The lowest BCUT2D eigenvalue weighted by Crippen LogP contribution is -2.37. The summed E-state index contributed by atoms with van der Waals surface area (Å²) in [6.45, 7) is 0.669. The van der Waals surface area contributed by atoms with Crippen molar-refractivity contribution in [1.82, 2.24) is 9.29 Å². The minimum Gasteiger partial charge on any atom is -0.232 e. The van der Waals surface area contributed by atoms with E-state index in [1.165, 1.54) is 12.6 Å². The van der Waals surface area contributed by atoms with Gasteiger partial charge in [-0.2, -0.15) is 4.31 Å². The fourth-order valence-corrected chi connectivity index (χ4v) is 5.81. The predicted octanol–water partition coefficient (Wildman–Crippen LogP) is 1.97. The van der Waals surface area contributed by atoms with Gasteiger partial charge in [-0.05, 0) is 25.2 Å². The van der Waals surface area contributed by atoms with E-state index in [0.29, 0.717) is 12.5 Å². The Hall–Kier alpha value is -0.170. The molecule has 2 aliphatic rings. The lowest BCUT2D eigenvalue weighted by molar-refractivity contribution is 0.334. The van der Waals surface area contributed by atoms with E-state index in [4.69, 9.17) is 11.6 Å². The van der Waals surface area contributed by atoms with Crippen molar-refractivity contribution in [3.05, 3.63) is 10.7 Å². The predicted molar refractivity (Wildman–Crippen MR) is 62.1 cm³/mol. The maximum absolute atomic E-state index is 12.3. The first-order valence-electron chi connectivity index (χ1n) is 5.20. The van der Waals surface area contributed by atoms with Crippen LogP contribution < -0.4 is 0 Å². The Balaban J connectivity index is 1.94. The number of nitrogens with zero attached hydrogens (tertiary/aromatic N) is 2. The Bertz CT molecular complexity index is 513. The van der Waals surface area contributed by atoms with E-state index in [0.717, 1.165) is 24.2 Å². The second kappa shape index (κ2) is 3.66. The zero-order valence-corrected chi connectivity index (χ0v) is 10.9. The van der Waals surface area contributed by atoms with E-state index in [1.807, 2.05) is 0 Å². The third-order valence-electron chi connectivity index (χ3n) is 3.38. The average molecular weight is 279 g/mol. The molecule has 1 aromatic rings. The number of thiazole rings is 1. The fraction of sp³-hybridized carbons (Fsp3) is 0.667. The molecule has 7 heteroatoms. The van der Waals surface area contributed by atoms with Crippen LogP contribution in [0.25, 0.3) is 0 Å². The summed E-state index contributed by atoms with van der Waals surface area (Å²) in [5, 5.41) is 0. The Labute approximate surface area is 103 Å². The number of rotatable bonds is 2. The number of fused-ring (bicyclic) bond motifs is 2. The van der Waals surface area contributed by atoms with Gasteiger partial charge < -0.3 is 0 Å². The molecule has 2 fully saturated rings. The topological polar surface area (TPSA) is 50.3 Å². The van der Waals surface area contributed by atoms with E-state index in [-0.39, 0.29) is 14.7 Å². The zero-order valence-electron chi connectivity index (χ0n) is 8.47. The second-order valence-corrected chi connectivity index (χ2v) is 8.07. The van der Waals surface area contributed by atoms with Gasteiger partial charge in [0.25, 0.3) is 10.0 Å². The molecule has 1 saturated carbocycles. The molecular weight excluding hydrogens is 268 g/mol. The first-order chi connectivity index (χ1) is 7.57. The monoisotopic (exact) mass is 278 g/mol. The van der Waals surface area contributed by atoms with E-state index < -0.39 is 10.0 Å². The summed E-state index contributed by atoms with van der Waals surface area (Å²) in [7, 11) is -3.34. The van der Waals surface area contributed by atoms with Crippen molar-refractivity contribution in [2.75, 3.05) is 6.54 Å². The highest BCUT2D eigenvalue weighted by molar-refractivity contribution is 7.91. The van der Waals surface area contributed by atoms with E-state index in [2.05, 4.69) is 4.98 Å². The van der Waals surface area contributed by atoms with E-state index in [1.54, 1.807) is 4.31 Å². The molecular formula is C9H11ClN2O2S2. The molecule has 88 valence electrons. The highest BCUT2D eigenvalue weighted by Gasteiger charge is 2.44. The second-order valence-electron chi connectivity index (χ2n) is 4.34. The van der Waals surface area contributed by atoms with Crippen LogP contribution in [0.3, 0.4) is 0 Å². The van der Waals surface area contributed by atoms with Crippen LogP contribution in [0, 0.1) is 5.92 Å². The van der Waals surface area contributed by atoms with Gasteiger partial charge in [0.1, 0.15) is 0 Å². The van der Waals surface area contributed by atoms with Gasteiger partial charge >= 0.3 is 0 Å². The lowest BCUT2D eigenvalue weighted by atomic mass is 10.1. The molecule has 2 atom stereocenters. The van der Waals surface area contributed by atoms with E-state index >= 15 is 0 Å². The van der Waals surface area contributed by atoms with Crippen LogP contribution in [-0.4, -0.2) is 30.3 Å². The lowest BCUT2D eigenvalue weighted by Gasteiger charge is -2.25. The standard InChI is InChI=1S/C9H11ClN2O2S2/c10-9-11-4-8(15-9)16(13,14)12-5-6-1-2-7(12)3-6/h4,6-7H,1-3,5H2. The summed E-state index contributed by atoms with van der Waals surface area (Å²) >= 11 is 6.71. The normalized spacial score (nSPS) is 30.1. The Morgan fingerprint density at radius 3 is 2.81 bits per heavy atom. The minimum absolute atomic E-state index is 0.205. The number of piperidine rings is 1. The summed E-state index contributed by atoms with van der Waals surface area (Å²) in [6.07, 6.45) is 4.54. The van der Waals surface area contributed by atoms with Gasteiger partial charge in [-0.3, -0.25) is 0 Å². The molecule has 0 aromatic carbocycles. The van der Waals surface area contributed by atoms with Crippen molar-refractivity contribution in [2.24, 2.45) is 5.92 Å². The highest BCUT2D eigenvalue weighted by atomic mass is 35.5. The number of hydrogen-bond donors (Lipinski definition) is 0. The van der Waals surface area contributed by atoms with Crippen molar-refractivity contribution in [3.8, 4) is 0 Å². The van der Waals surface area contributed by atoms with Crippen molar-refractivity contribution < 1.29 is 8.42 Å². The van der Waals surface area contributed by atoms with Gasteiger partial charge in [-0.25, -0.2) is 13.4 Å². The van der Waals surface area contributed by atoms with Gasteiger partial charge in [-0.15, -0.1) is 0 Å². The van der Waals surface area contributed by atoms with Crippen LogP contribution in [0.1, 0.15) is 19.3 Å². The smallest absolute Gasteiger partial charge is 0.232 e. The first-order valence-corrected chi connectivity index (χ1v) is 7.84. The molecule has 0 radical (unpaired) electrons. The SMILES string of the molecule is O=S(=O)(c1cnc(Cl)s1)N1CC2CCC1C2. The molecule has 1 aliphatic carbocycles. The van der Waals surface area contributed by atoms with Crippen molar-refractivity contribution in [2.45, 2.75) is 29.5 Å². The third-order valence-corrected chi connectivity index (χ3v) is 6.85. The van der Waals surface area contributed by atoms with E-state index in [9.17, 15) is 8.42 Å². The highest BCUT2D eigenvalue weighted by Crippen LogP contribution is 2.41. The molecule has 16 heavy (non-hydrogen) atoms. The average Bonchev–Trinajstić information content (AvgIpc) is 2.91. The van der Waals surface area contributed by atoms with Crippen LogP contribution in [0.15, 0.2) is 10.4 Å². The largest absolute Gasteiger partial charge is 0.254 e. The molecule has 3 rings (SSSR count). The molecule has 1 saturated heterocycles. The Morgan fingerprint density at radius 1 is 1.50 bits per heavy atom. The maximum Gasteiger partial charge on any atom is 0.254 e.